The van der Waals surface area contributed by atoms with Crippen LogP contribution in [0.4, 0.5) is 0 Å². The molecular weight excluding hydrogens is 316 g/mol. The number of ether oxygens (including phenoxy) is 3. The van der Waals surface area contributed by atoms with Gasteiger partial charge in [0.2, 0.25) is 0 Å². The van der Waals surface area contributed by atoms with Crippen LogP contribution in [-0.2, 0) is 33.4 Å². The summed E-state index contributed by atoms with van der Waals surface area (Å²) in [6.07, 6.45) is 0.0724. The van der Waals surface area contributed by atoms with Crippen molar-refractivity contribution in [1.29, 1.82) is 0 Å². The average Bonchev–Trinajstić information content (AvgIpc) is 2.77. The van der Waals surface area contributed by atoms with E-state index in [4.69, 9.17) is 14.2 Å². The SMILES string of the molecule is COC(=O)[C@@]1(C)CC[C@]2(CC(=O)OC(C)(C)C)OC(=O)C[C@@H]2C1=O. The molecule has 0 aromatic heterocycles. The molecule has 0 aromatic rings. The zero-order chi connectivity index (χ0) is 18.3. The number of hydrogen-bond acceptors (Lipinski definition) is 7. The van der Waals surface area contributed by atoms with Gasteiger partial charge in [-0.3, -0.25) is 19.2 Å². The highest BCUT2D eigenvalue weighted by Gasteiger charge is 2.63. The molecule has 1 aliphatic carbocycles. The van der Waals surface area contributed by atoms with E-state index < -0.39 is 46.2 Å². The van der Waals surface area contributed by atoms with Crippen molar-refractivity contribution in [2.24, 2.45) is 11.3 Å². The maximum Gasteiger partial charge on any atom is 0.319 e. The standard InChI is InChI=1S/C17H24O7/c1-15(2,3)23-12(19)9-17-7-6-16(4,14(21)22-5)13(20)10(17)8-11(18)24-17/h10H,6-9H2,1-5H3/t10-,16+,17-/m1/s1. The first kappa shape index (κ1) is 18.4. The third-order valence-corrected chi connectivity index (χ3v) is 4.73. The number of hydrogen-bond donors (Lipinski definition) is 0. The lowest BCUT2D eigenvalue weighted by Crippen LogP contribution is -2.55. The molecule has 0 radical (unpaired) electrons. The molecule has 3 atom stereocenters. The first-order chi connectivity index (χ1) is 10.9. The van der Waals surface area contributed by atoms with Crippen molar-refractivity contribution in [2.45, 2.75) is 64.6 Å². The largest absolute Gasteiger partial charge is 0.468 e. The van der Waals surface area contributed by atoms with Crippen molar-refractivity contribution in [3.8, 4) is 0 Å². The molecule has 2 aliphatic rings. The summed E-state index contributed by atoms with van der Waals surface area (Å²) >= 11 is 0. The summed E-state index contributed by atoms with van der Waals surface area (Å²) in [6.45, 7) is 6.73. The van der Waals surface area contributed by atoms with Gasteiger partial charge in [-0.2, -0.15) is 0 Å². The highest BCUT2D eigenvalue weighted by atomic mass is 16.6. The van der Waals surface area contributed by atoms with Crippen molar-refractivity contribution in [3.63, 3.8) is 0 Å². The van der Waals surface area contributed by atoms with Gasteiger partial charge in [-0.25, -0.2) is 0 Å². The van der Waals surface area contributed by atoms with Crippen LogP contribution in [0, 0.1) is 11.3 Å². The molecule has 1 aliphatic heterocycles. The first-order valence-electron chi connectivity index (χ1n) is 8.00. The van der Waals surface area contributed by atoms with E-state index in [2.05, 4.69) is 0 Å². The van der Waals surface area contributed by atoms with Crippen molar-refractivity contribution in [3.05, 3.63) is 0 Å². The predicted octanol–water partition coefficient (Wildman–Crippen LogP) is 1.56. The Bertz CT molecular complexity index is 588. The van der Waals surface area contributed by atoms with Crippen LogP contribution in [0.1, 0.15) is 53.4 Å². The Kier molecular flexibility index (Phi) is 4.50. The van der Waals surface area contributed by atoms with Crippen LogP contribution < -0.4 is 0 Å². The molecular formula is C17H24O7. The fourth-order valence-electron chi connectivity index (χ4n) is 3.52. The van der Waals surface area contributed by atoms with Gasteiger partial charge < -0.3 is 14.2 Å². The maximum absolute atomic E-state index is 12.9. The Morgan fingerprint density at radius 3 is 2.42 bits per heavy atom. The van der Waals surface area contributed by atoms with E-state index in [1.54, 1.807) is 20.8 Å². The lowest BCUT2D eigenvalue weighted by Gasteiger charge is -2.42. The van der Waals surface area contributed by atoms with Gasteiger partial charge in [0.1, 0.15) is 16.6 Å². The molecule has 1 saturated heterocycles. The van der Waals surface area contributed by atoms with Gasteiger partial charge >= 0.3 is 17.9 Å². The summed E-state index contributed by atoms with van der Waals surface area (Å²) in [7, 11) is 1.22. The van der Waals surface area contributed by atoms with E-state index in [9.17, 15) is 19.2 Å². The highest BCUT2D eigenvalue weighted by molar-refractivity contribution is 6.07. The molecule has 0 aromatic carbocycles. The Balaban J connectivity index is 2.27. The lowest BCUT2D eigenvalue weighted by atomic mass is 9.62. The number of Topliss-reactive ketones (excluding diaryl/α,β-unsaturated/α-hetero) is 1. The Hall–Kier alpha value is -1.92. The molecule has 2 rings (SSSR count). The lowest BCUT2D eigenvalue weighted by molar-refractivity contribution is -0.175. The van der Waals surface area contributed by atoms with Gasteiger partial charge in [0, 0.05) is 0 Å². The van der Waals surface area contributed by atoms with Gasteiger partial charge in [-0.1, -0.05) is 0 Å². The fraction of sp³-hybridized carbons (Fsp3) is 0.765. The molecule has 0 spiro atoms. The molecule has 0 unspecified atom stereocenters. The fourth-order valence-corrected chi connectivity index (χ4v) is 3.52. The van der Waals surface area contributed by atoms with E-state index >= 15 is 0 Å². The van der Waals surface area contributed by atoms with Gasteiger partial charge in [0.25, 0.3) is 0 Å². The molecule has 7 heteroatoms. The zero-order valence-corrected chi connectivity index (χ0v) is 14.8. The van der Waals surface area contributed by atoms with Crippen molar-refractivity contribution in [1.82, 2.24) is 0 Å². The zero-order valence-electron chi connectivity index (χ0n) is 14.8. The van der Waals surface area contributed by atoms with Gasteiger partial charge in [0.15, 0.2) is 5.78 Å². The third-order valence-electron chi connectivity index (χ3n) is 4.73. The highest BCUT2D eigenvalue weighted by Crippen LogP contribution is 2.50. The second kappa shape index (κ2) is 5.86. The summed E-state index contributed by atoms with van der Waals surface area (Å²) in [6, 6.07) is 0. The smallest absolute Gasteiger partial charge is 0.319 e. The third kappa shape index (κ3) is 3.16. The number of esters is 3. The number of methoxy groups -OCH3 is 1. The molecule has 7 nitrogen and oxygen atoms in total. The Morgan fingerprint density at radius 1 is 1.25 bits per heavy atom. The molecule has 0 N–H and O–H groups in total. The van der Waals surface area contributed by atoms with E-state index in [-0.39, 0.29) is 25.7 Å². The quantitative estimate of drug-likeness (QED) is 0.437. The normalized spacial score (nSPS) is 32.8. The van der Waals surface area contributed by atoms with Crippen LogP contribution in [0.3, 0.4) is 0 Å². The number of rotatable bonds is 3. The maximum atomic E-state index is 12.9. The molecule has 1 heterocycles. The van der Waals surface area contributed by atoms with Crippen molar-refractivity contribution < 1.29 is 33.4 Å². The van der Waals surface area contributed by atoms with Crippen molar-refractivity contribution in [2.75, 3.05) is 7.11 Å². The number of carbonyl (C=O) groups excluding carboxylic acids is 4. The topological polar surface area (TPSA) is 96.0 Å². The number of ketones is 1. The molecule has 1 saturated carbocycles. The van der Waals surface area contributed by atoms with Crippen LogP contribution in [0.15, 0.2) is 0 Å². The summed E-state index contributed by atoms with van der Waals surface area (Å²) in [5, 5.41) is 0. The van der Waals surface area contributed by atoms with E-state index in [0.717, 1.165) is 0 Å². The predicted molar refractivity (Wildman–Crippen MR) is 81.8 cm³/mol. The summed E-state index contributed by atoms with van der Waals surface area (Å²) in [5.41, 5.74) is -3.21. The molecule has 24 heavy (non-hydrogen) atoms. The van der Waals surface area contributed by atoms with Crippen LogP contribution in [0.5, 0.6) is 0 Å². The van der Waals surface area contributed by atoms with Crippen molar-refractivity contribution >= 4 is 23.7 Å². The van der Waals surface area contributed by atoms with Crippen LogP contribution in [-0.4, -0.2) is 42.0 Å². The van der Waals surface area contributed by atoms with Crippen LogP contribution in [0.2, 0.25) is 0 Å². The minimum atomic E-state index is -1.31. The van der Waals surface area contributed by atoms with Crippen LogP contribution in [0.25, 0.3) is 0 Å². The molecule has 0 amide bonds. The number of fused-ring (bicyclic) bond motifs is 1. The minimum Gasteiger partial charge on any atom is -0.468 e. The van der Waals surface area contributed by atoms with Crippen LogP contribution >= 0.6 is 0 Å². The van der Waals surface area contributed by atoms with E-state index in [0.29, 0.717) is 0 Å². The minimum absolute atomic E-state index is 0.131. The molecule has 0 bridgehead atoms. The van der Waals surface area contributed by atoms with E-state index in [1.807, 2.05) is 0 Å². The number of carbonyl (C=O) groups is 4. The van der Waals surface area contributed by atoms with Gasteiger partial charge in [-0.05, 0) is 40.5 Å². The monoisotopic (exact) mass is 340 g/mol. The first-order valence-corrected chi connectivity index (χ1v) is 8.00. The average molecular weight is 340 g/mol. The molecule has 2 fully saturated rings. The summed E-state index contributed by atoms with van der Waals surface area (Å²) in [4.78, 5) is 48.9. The van der Waals surface area contributed by atoms with Gasteiger partial charge in [0.05, 0.1) is 25.9 Å². The second-order valence-electron chi connectivity index (χ2n) is 7.75. The summed E-state index contributed by atoms with van der Waals surface area (Å²) in [5.74, 6) is -2.94. The summed E-state index contributed by atoms with van der Waals surface area (Å²) < 4.78 is 15.4. The van der Waals surface area contributed by atoms with E-state index in [1.165, 1.54) is 14.0 Å². The van der Waals surface area contributed by atoms with Gasteiger partial charge in [-0.15, -0.1) is 0 Å². The Morgan fingerprint density at radius 2 is 1.88 bits per heavy atom. The molecule has 134 valence electrons. The second-order valence-corrected chi connectivity index (χ2v) is 7.75. The Labute approximate surface area is 141 Å².